The first kappa shape index (κ1) is 13.5. The predicted molar refractivity (Wildman–Crippen MR) is 67.1 cm³/mol. The van der Waals surface area contributed by atoms with Gasteiger partial charge in [-0.1, -0.05) is 17.3 Å². The van der Waals surface area contributed by atoms with E-state index >= 15 is 0 Å². The number of carbonyl (C=O) groups excluding carboxylic acids is 1. The van der Waals surface area contributed by atoms with Crippen molar-refractivity contribution in [1.29, 1.82) is 0 Å². The maximum atomic E-state index is 13.1. The van der Waals surface area contributed by atoms with E-state index in [0.717, 1.165) is 0 Å². The molecule has 6 heteroatoms. The number of aliphatic hydroxyl groups is 1. The Morgan fingerprint density at radius 1 is 1.63 bits per heavy atom. The molecule has 1 aromatic rings. The van der Waals surface area contributed by atoms with Gasteiger partial charge >= 0.3 is 0 Å². The molecule has 19 heavy (non-hydrogen) atoms. The molecule has 0 bridgehead atoms. The number of nitrogens with zero attached hydrogens (tertiary/aromatic N) is 1. The molecule has 1 aromatic carbocycles. The quantitative estimate of drug-likeness (QED) is 0.847. The van der Waals surface area contributed by atoms with Crippen LogP contribution < -0.4 is 5.32 Å². The van der Waals surface area contributed by atoms with Crippen molar-refractivity contribution in [3.05, 3.63) is 35.6 Å². The number of hydrogen-bond donors (Lipinski definition) is 2. The van der Waals surface area contributed by atoms with Gasteiger partial charge in [0.25, 0.3) is 5.91 Å². The summed E-state index contributed by atoms with van der Waals surface area (Å²) in [4.78, 5) is 17.1. The van der Waals surface area contributed by atoms with Crippen LogP contribution in [0.3, 0.4) is 0 Å². The molecule has 1 aliphatic heterocycles. The first-order valence-electron chi connectivity index (χ1n) is 5.95. The van der Waals surface area contributed by atoms with Crippen LogP contribution in [-0.2, 0) is 9.63 Å². The van der Waals surface area contributed by atoms with E-state index in [2.05, 4.69) is 10.5 Å². The van der Waals surface area contributed by atoms with E-state index in [-0.39, 0.29) is 31.3 Å². The smallest absolute Gasteiger partial charge is 0.267 e. The van der Waals surface area contributed by atoms with Crippen molar-refractivity contribution in [1.82, 2.24) is 5.32 Å². The summed E-state index contributed by atoms with van der Waals surface area (Å²) in [5, 5.41) is 15.1. The minimum atomic E-state index is -1.11. The fourth-order valence-corrected chi connectivity index (χ4v) is 1.84. The van der Waals surface area contributed by atoms with Gasteiger partial charge in [0.05, 0.1) is 12.3 Å². The number of hydrogen-bond acceptors (Lipinski definition) is 4. The monoisotopic (exact) mass is 266 g/mol. The van der Waals surface area contributed by atoms with Gasteiger partial charge in [-0.25, -0.2) is 4.39 Å². The van der Waals surface area contributed by atoms with Crippen molar-refractivity contribution in [2.75, 3.05) is 13.2 Å². The second-order valence-electron chi connectivity index (χ2n) is 4.53. The molecule has 1 atom stereocenters. The second-order valence-corrected chi connectivity index (χ2v) is 4.53. The number of halogens is 1. The van der Waals surface area contributed by atoms with Crippen LogP contribution in [0.25, 0.3) is 0 Å². The fourth-order valence-electron chi connectivity index (χ4n) is 1.84. The van der Waals surface area contributed by atoms with Crippen LogP contribution >= 0.6 is 0 Å². The largest absolute Gasteiger partial charge is 0.395 e. The number of oxime groups is 1. The van der Waals surface area contributed by atoms with Crippen LogP contribution in [0.2, 0.25) is 0 Å². The van der Waals surface area contributed by atoms with Crippen LogP contribution in [0.1, 0.15) is 18.9 Å². The number of amides is 1. The third-order valence-electron chi connectivity index (χ3n) is 2.90. The Hall–Kier alpha value is -1.95. The standard InChI is InChI=1S/C13H15FN2O3/c1-13(12(18)15-5-6-17)8-11(16-19-13)9-3-2-4-10(14)7-9/h2-4,7,17H,5-6,8H2,1H3,(H,15,18)/t13-/m0/s1. The van der Waals surface area contributed by atoms with Gasteiger partial charge in [-0.15, -0.1) is 0 Å². The maximum absolute atomic E-state index is 13.1. The first-order valence-corrected chi connectivity index (χ1v) is 5.95. The lowest BCUT2D eigenvalue weighted by Crippen LogP contribution is -2.45. The van der Waals surface area contributed by atoms with Gasteiger partial charge in [-0.05, 0) is 19.1 Å². The minimum absolute atomic E-state index is 0.139. The molecule has 1 aliphatic rings. The first-order chi connectivity index (χ1) is 9.05. The number of benzene rings is 1. The third-order valence-corrected chi connectivity index (χ3v) is 2.90. The van der Waals surface area contributed by atoms with Crippen molar-refractivity contribution in [2.45, 2.75) is 18.9 Å². The fraction of sp³-hybridized carbons (Fsp3) is 0.385. The molecule has 0 radical (unpaired) electrons. The molecule has 0 spiro atoms. The molecular weight excluding hydrogens is 251 g/mol. The van der Waals surface area contributed by atoms with E-state index in [1.165, 1.54) is 12.1 Å². The molecule has 102 valence electrons. The van der Waals surface area contributed by atoms with Crippen molar-refractivity contribution in [3.8, 4) is 0 Å². The Morgan fingerprint density at radius 3 is 3.11 bits per heavy atom. The lowest BCUT2D eigenvalue weighted by Gasteiger charge is -2.19. The summed E-state index contributed by atoms with van der Waals surface area (Å²) in [6, 6.07) is 5.98. The van der Waals surface area contributed by atoms with Crippen LogP contribution in [0.15, 0.2) is 29.4 Å². The van der Waals surface area contributed by atoms with Gasteiger partial charge < -0.3 is 15.3 Å². The SMILES string of the molecule is C[C@@]1(C(=O)NCCO)CC(c2cccc(F)c2)=NO1. The summed E-state index contributed by atoms with van der Waals surface area (Å²) in [6.45, 7) is 1.63. The van der Waals surface area contributed by atoms with E-state index in [0.29, 0.717) is 11.3 Å². The number of carbonyl (C=O) groups is 1. The van der Waals surface area contributed by atoms with Crippen molar-refractivity contribution < 1.29 is 19.1 Å². The normalized spacial score (nSPS) is 21.7. The Morgan fingerprint density at radius 2 is 2.42 bits per heavy atom. The summed E-state index contributed by atoms with van der Waals surface area (Å²) in [5.74, 6) is -0.713. The van der Waals surface area contributed by atoms with Gasteiger partial charge in [0.1, 0.15) is 5.82 Å². The zero-order chi connectivity index (χ0) is 13.9. The summed E-state index contributed by atoms with van der Waals surface area (Å²) in [6.07, 6.45) is 0.258. The van der Waals surface area contributed by atoms with E-state index < -0.39 is 5.60 Å². The Bertz CT molecular complexity index is 518. The van der Waals surface area contributed by atoms with Gasteiger partial charge in [0.15, 0.2) is 0 Å². The van der Waals surface area contributed by atoms with E-state index in [1.807, 2.05) is 0 Å². The maximum Gasteiger partial charge on any atom is 0.267 e. The predicted octanol–water partition coefficient (Wildman–Crippen LogP) is 0.817. The number of nitrogens with one attached hydrogen (secondary N) is 1. The minimum Gasteiger partial charge on any atom is -0.395 e. The van der Waals surface area contributed by atoms with E-state index in [1.54, 1.807) is 19.1 Å². The summed E-state index contributed by atoms with van der Waals surface area (Å²) in [5.41, 5.74) is 0.0106. The zero-order valence-electron chi connectivity index (χ0n) is 10.5. The summed E-state index contributed by atoms with van der Waals surface area (Å²) >= 11 is 0. The lowest BCUT2D eigenvalue weighted by molar-refractivity contribution is -0.141. The molecule has 0 unspecified atom stereocenters. The molecule has 0 saturated carbocycles. The molecular formula is C13H15FN2O3. The highest BCUT2D eigenvalue weighted by Crippen LogP contribution is 2.26. The van der Waals surface area contributed by atoms with Crippen LogP contribution in [0.5, 0.6) is 0 Å². The third kappa shape index (κ3) is 2.90. The molecule has 5 nitrogen and oxygen atoms in total. The molecule has 2 rings (SSSR count). The topological polar surface area (TPSA) is 70.9 Å². The van der Waals surface area contributed by atoms with Gasteiger partial charge in [0.2, 0.25) is 5.60 Å². The van der Waals surface area contributed by atoms with E-state index in [9.17, 15) is 9.18 Å². The number of aliphatic hydroxyl groups excluding tert-OH is 1. The molecule has 0 aromatic heterocycles. The van der Waals surface area contributed by atoms with Crippen molar-refractivity contribution >= 4 is 11.6 Å². The van der Waals surface area contributed by atoms with E-state index in [4.69, 9.17) is 9.94 Å². The Balaban J connectivity index is 2.08. The summed E-state index contributed by atoms with van der Waals surface area (Å²) in [7, 11) is 0. The molecule has 1 heterocycles. The van der Waals surface area contributed by atoms with Crippen LogP contribution in [-0.4, -0.2) is 35.5 Å². The molecule has 2 N–H and O–H groups in total. The van der Waals surface area contributed by atoms with Gasteiger partial charge in [-0.2, -0.15) is 0 Å². The molecule has 0 fully saturated rings. The molecule has 0 aliphatic carbocycles. The summed E-state index contributed by atoms with van der Waals surface area (Å²) < 4.78 is 13.1. The zero-order valence-corrected chi connectivity index (χ0v) is 10.5. The Kier molecular flexibility index (Phi) is 3.80. The second kappa shape index (κ2) is 5.36. The Labute approximate surface area is 110 Å². The highest BCUT2D eigenvalue weighted by molar-refractivity contribution is 6.05. The highest BCUT2D eigenvalue weighted by atomic mass is 19.1. The molecule has 1 amide bonds. The lowest BCUT2D eigenvalue weighted by atomic mass is 9.95. The van der Waals surface area contributed by atoms with Gasteiger partial charge in [0, 0.05) is 18.5 Å². The van der Waals surface area contributed by atoms with Crippen molar-refractivity contribution in [2.24, 2.45) is 5.16 Å². The van der Waals surface area contributed by atoms with Crippen molar-refractivity contribution in [3.63, 3.8) is 0 Å². The molecule has 0 saturated heterocycles. The van der Waals surface area contributed by atoms with Crippen LogP contribution in [0.4, 0.5) is 4.39 Å². The highest BCUT2D eigenvalue weighted by Gasteiger charge is 2.42. The van der Waals surface area contributed by atoms with Gasteiger partial charge in [-0.3, -0.25) is 4.79 Å². The average Bonchev–Trinajstić information content (AvgIpc) is 2.80. The van der Waals surface area contributed by atoms with Crippen LogP contribution in [0, 0.1) is 5.82 Å². The average molecular weight is 266 g/mol. The number of rotatable bonds is 4.